The molecule has 6 nitrogen and oxygen atoms in total. The summed E-state index contributed by atoms with van der Waals surface area (Å²) in [5, 5.41) is 2.76. The van der Waals surface area contributed by atoms with Crippen LogP contribution in [-0.4, -0.2) is 55.3 Å². The summed E-state index contributed by atoms with van der Waals surface area (Å²) in [5.41, 5.74) is 0. The zero-order valence-electron chi connectivity index (χ0n) is 13.3. The second-order valence-electron chi connectivity index (χ2n) is 5.88. The summed E-state index contributed by atoms with van der Waals surface area (Å²) in [7, 11) is -3.16. The van der Waals surface area contributed by atoms with E-state index < -0.39 is 21.9 Å². The van der Waals surface area contributed by atoms with E-state index >= 15 is 0 Å². The largest absolute Gasteiger partial charge is 0.342 e. The highest BCUT2D eigenvalue weighted by atomic mass is 32.2. The molecule has 7 heteroatoms. The normalized spacial score (nSPS) is 23.6. The van der Waals surface area contributed by atoms with Gasteiger partial charge >= 0.3 is 0 Å². The first-order valence-electron chi connectivity index (χ1n) is 7.53. The zero-order valence-corrected chi connectivity index (χ0v) is 14.1. The van der Waals surface area contributed by atoms with Gasteiger partial charge in [-0.3, -0.25) is 9.59 Å². The molecule has 0 aromatic rings. The lowest BCUT2D eigenvalue weighted by atomic mass is 9.98. The van der Waals surface area contributed by atoms with Gasteiger partial charge in [-0.25, -0.2) is 8.42 Å². The van der Waals surface area contributed by atoms with Gasteiger partial charge in [0.1, 0.15) is 12.1 Å². The smallest absolute Gasteiger partial charge is 0.245 e. The number of hydrogen-bond acceptors (Lipinski definition) is 4. The van der Waals surface area contributed by atoms with Crippen molar-refractivity contribution in [3.63, 3.8) is 0 Å². The molecule has 0 radical (unpaired) electrons. The molecule has 122 valence electrons. The van der Waals surface area contributed by atoms with Crippen molar-refractivity contribution in [1.29, 1.82) is 0 Å². The number of piperazine rings is 1. The van der Waals surface area contributed by atoms with Gasteiger partial charge in [0.15, 0.2) is 9.84 Å². The highest BCUT2D eigenvalue weighted by molar-refractivity contribution is 7.91. The SMILES string of the molecule is CCC1C(=O)NC(CC(C)C)C(=O)N1CCS(=O)(=O)CC. The van der Waals surface area contributed by atoms with Gasteiger partial charge < -0.3 is 10.2 Å². The molecular weight excluding hydrogens is 292 g/mol. The third-order valence-corrected chi connectivity index (χ3v) is 5.44. The molecule has 0 aromatic heterocycles. The minimum absolute atomic E-state index is 0.0490. The minimum Gasteiger partial charge on any atom is -0.342 e. The molecular formula is C14H26N2O4S. The number of hydrogen-bond donors (Lipinski definition) is 1. The van der Waals surface area contributed by atoms with Gasteiger partial charge in [-0.05, 0) is 18.8 Å². The van der Waals surface area contributed by atoms with Gasteiger partial charge in [0.25, 0.3) is 0 Å². The van der Waals surface area contributed by atoms with Crippen LogP contribution in [0.3, 0.4) is 0 Å². The molecule has 2 amide bonds. The van der Waals surface area contributed by atoms with E-state index in [1.165, 1.54) is 4.90 Å². The van der Waals surface area contributed by atoms with Gasteiger partial charge in [-0.1, -0.05) is 27.7 Å². The molecule has 1 aliphatic rings. The summed E-state index contributed by atoms with van der Waals surface area (Å²) in [5.74, 6) is -0.113. The highest BCUT2D eigenvalue weighted by Gasteiger charge is 2.39. The summed E-state index contributed by atoms with van der Waals surface area (Å²) < 4.78 is 23.3. The van der Waals surface area contributed by atoms with Crippen LogP contribution in [0.5, 0.6) is 0 Å². The second-order valence-corrected chi connectivity index (χ2v) is 8.36. The lowest BCUT2D eigenvalue weighted by Crippen LogP contribution is -2.64. The summed E-state index contributed by atoms with van der Waals surface area (Å²) >= 11 is 0. The molecule has 1 rings (SSSR count). The second kappa shape index (κ2) is 7.24. The number of carbonyl (C=O) groups is 2. The van der Waals surface area contributed by atoms with E-state index in [0.717, 1.165) is 0 Å². The van der Waals surface area contributed by atoms with Crippen molar-refractivity contribution < 1.29 is 18.0 Å². The third kappa shape index (κ3) is 4.69. The average Bonchev–Trinajstić information content (AvgIpc) is 2.40. The van der Waals surface area contributed by atoms with Crippen molar-refractivity contribution in [2.75, 3.05) is 18.1 Å². The van der Waals surface area contributed by atoms with Crippen molar-refractivity contribution in [1.82, 2.24) is 10.2 Å². The van der Waals surface area contributed by atoms with Crippen molar-refractivity contribution in [3.8, 4) is 0 Å². The van der Waals surface area contributed by atoms with Gasteiger partial charge in [0.05, 0.1) is 5.75 Å². The van der Waals surface area contributed by atoms with Crippen LogP contribution in [0.25, 0.3) is 0 Å². The van der Waals surface area contributed by atoms with Crippen molar-refractivity contribution in [2.24, 2.45) is 5.92 Å². The van der Waals surface area contributed by atoms with E-state index in [2.05, 4.69) is 5.32 Å². The van der Waals surface area contributed by atoms with E-state index in [4.69, 9.17) is 0 Å². The monoisotopic (exact) mass is 318 g/mol. The summed E-state index contributed by atoms with van der Waals surface area (Å²) in [6, 6.07) is -1.10. The number of carbonyl (C=O) groups excluding carboxylic acids is 2. The van der Waals surface area contributed by atoms with Gasteiger partial charge in [-0.15, -0.1) is 0 Å². The first kappa shape index (κ1) is 17.9. The van der Waals surface area contributed by atoms with Crippen LogP contribution in [0.4, 0.5) is 0 Å². The maximum Gasteiger partial charge on any atom is 0.245 e. The fourth-order valence-corrected chi connectivity index (χ4v) is 3.27. The Morgan fingerprint density at radius 3 is 2.33 bits per heavy atom. The lowest BCUT2D eigenvalue weighted by molar-refractivity contribution is -0.149. The molecule has 1 heterocycles. The van der Waals surface area contributed by atoms with Crippen LogP contribution in [-0.2, 0) is 19.4 Å². The fraction of sp³-hybridized carbons (Fsp3) is 0.857. The van der Waals surface area contributed by atoms with Crippen LogP contribution >= 0.6 is 0 Å². The number of nitrogens with zero attached hydrogens (tertiary/aromatic N) is 1. The molecule has 0 spiro atoms. The Labute approximate surface area is 127 Å². The van der Waals surface area contributed by atoms with Crippen molar-refractivity contribution in [2.45, 2.75) is 52.6 Å². The molecule has 1 aliphatic heterocycles. The van der Waals surface area contributed by atoms with Gasteiger partial charge in [0, 0.05) is 12.3 Å². The van der Waals surface area contributed by atoms with Crippen molar-refractivity contribution in [3.05, 3.63) is 0 Å². The molecule has 2 unspecified atom stereocenters. The molecule has 0 aromatic carbocycles. The quantitative estimate of drug-likeness (QED) is 0.744. The molecule has 21 heavy (non-hydrogen) atoms. The number of amides is 2. The van der Waals surface area contributed by atoms with E-state index in [1.54, 1.807) is 6.92 Å². The molecule has 1 fully saturated rings. The zero-order chi connectivity index (χ0) is 16.2. The van der Waals surface area contributed by atoms with Crippen LogP contribution in [0, 0.1) is 5.92 Å². The van der Waals surface area contributed by atoms with Crippen LogP contribution in [0.2, 0.25) is 0 Å². The summed E-state index contributed by atoms with van der Waals surface area (Å²) in [6.45, 7) is 7.46. The highest BCUT2D eigenvalue weighted by Crippen LogP contribution is 2.17. The molecule has 1 N–H and O–H groups in total. The number of nitrogens with one attached hydrogen (secondary N) is 1. The fourth-order valence-electron chi connectivity index (χ4n) is 2.51. The molecule has 2 atom stereocenters. The predicted molar refractivity (Wildman–Crippen MR) is 81.5 cm³/mol. The average molecular weight is 318 g/mol. The standard InChI is InChI=1S/C14H26N2O4S/c1-5-12-13(17)15-11(9-10(3)4)14(18)16(12)7-8-21(19,20)6-2/h10-12H,5-9H2,1-4H3,(H,15,17). The Morgan fingerprint density at radius 2 is 1.86 bits per heavy atom. The Kier molecular flexibility index (Phi) is 6.19. The number of rotatable bonds is 7. The summed E-state index contributed by atoms with van der Waals surface area (Å²) in [4.78, 5) is 26.1. The van der Waals surface area contributed by atoms with Crippen molar-refractivity contribution >= 4 is 21.7 Å². The Bertz CT molecular complexity index is 487. The van der Waals surface area contributed by atoms with E-state index in [0.29, 0.717) is 12.8 Å². The maximum absolute atomic E-state index is 12.5. The minimum atomic E-state index is -3.16. The third-order valence-electron chi connectivity index (χ3n) is 3.75. The van der Waals surface area contributed by atoms with E-state index in [9.17, 15) is 18.0 Å². The lowest BCUT2D eigenvalue weighted by Gasteiger charge is -2.39. The Hall–Kier alpha value is -1.11. The van der Waals surface area contributed by atoms with Gasteiger partial charge in [0.2, 0.25) is 11.8 Å². The van der Waals surface area contributed by atoms with E-state index in [1.807, 2.05) is 20.8 Å². The maximum atomic E-state index is 12.5. The topological polar surface area (TPSA) is 83.6 Å². The van der Waals surface area contributed by atoms with E-state index in [-0.39, 0.29) is 35.8 Å². The molecule has 1 saturated heterocycles. The Morgan fingerprint density at radius 1 is 1.24 bits per heavy atom. The summed E-state index contributed by atoms with van der Waals surface area (Å²) in [6.07, 6.45) is 1.05. The molecule has 0 saturated carbocycles. The molecule has 0 bridgehead atoms. The number of sulfone groups is 1. The van der Waals surface area contributed by atoms with Gasteiger partial charge in [-0.2, -0.15) is 0 Å². The first-order chi connectivity index (χ1) is 9.71. The van der Waals surface area contributed by atoms with Crippen LogP contribution in [0.1, 0.15) is 40.5 Å². The Balaban J connectivity index is 2.88. The molecule has 0 aliphatic carbocycles. The van der Waals surface area contributed by atoms with Crippen LogP contribution < -0.4 is 5.32 Å². The first-order valence-corrected chi connectivity index (χ1v) is 9.35. The van der Waals surface area contributed by atoms with Crippen LogP contribution in [0.15, 0.2) is 0 Å². The predicted octanol–water partition coefficient (Wildman–Crippen LogP) is 0.573.